The van der Waals surface area contributed by atoms with Gasteiger partial charge in [0.1, 0.15) is 5.75 Å². The van der Waals surface area contributed by atoms with Crippen LogP contribution >= 0.6 is 11.3 Å². The molecule has 3 aromatic rings. The second kappa shape index (κ2) is 9.05. The van der Waals surface area contributed by atoms with Crippen molar-refractivity contribution in [3.8, 4) is 28.5 Å². The number of thiazole rings is 1. The molecule has 140 valence electrons. The summed E-state index contributed by atoms with van der Waals surface area (Å²) in [7, 11) is 3.26. The summed E-state index contributed by atoms with van der Waals surface area (Å²) >= 11 is 1.48. The lowest BCUT2D eigenvalue weighted by Gasteiger charge is -2.10. The Bertz CT molecular complexity index is 924. The van der Waals surface area contributed by atoms with E-state index < -0.39 is 0 Å². The van der Waals surface area contributed by atoms with Gasteiger partial charge in [-0.25, -0.2) is 4.98 Å². The molecule has 1 N–H and O–H groups in total. The summed E-state index contributed by atoms with van der Waals surface area (Å²) in [5.74, 6) is 2.15. The molecule has 0 fully saturated rings. The van der Waals surface area contributed by atoms with E-state index in [1.54, 1.807) is 20.4 Å². The number of benzene rings is 2. The second-order valence-electron chi connectivity index (χ2n) is 5.45. The van der Waals surface area contributed by atoms with Crippen molar-refractivity contribution in [2.24, 2.45) is 5.10 Å². The lowest BCUT2D eigenvalue weighted by Crippen LogP contribution is -1.99. The number of hydrogen-bond acceptors (Lipinski definition) is 7. The van der Waals surface area contributed by atoms with Gasteiger partial charge in [-0.15, -0.1) is 11.3 Å². The minimum absolute atomic E-state index is 0.571. The Morgan fingerprint density at radius 3 is 2.78 bits per heavy atom. The number of aromatic nitrogens is 1. The van der Waals surface area contributed by atoms with Gasteiger partial charge < -0.3 is 14.2 Å². The van der Waals surface area contributed by atoms with Crippen molar-refractivity contribution in [2.75, 3.05) is 26.3 Å². The molecule has 27 heavy (non-hydrogen) atoms. The summed E-state index contributed by atoms with van der Waals surface area (Å²) in [5.41, 5.74) is 5.65. The predicted octanol–water partition coefficient (Wildman–Crippen LogP) is 4.67. The van der Waals surface area contributed by atoms with Gasteiger partial charge in [-0.3, -0.25) is 5.43 Å². The van der Waals surface area contributed by atoms with Crippen molar-refractivity contribution in [2.45, 2.75) is 6.92 Å². The maximum Gasteiger partial charge on any atom is 0.203 e. The minimum Gasteiger partial charge on any atom is -0.497 e. The van der Waals surface area contributed by atoms with Crippen LogP contribution in [0.5, 0.6) is 17.2 Å². The molecule has 2 aromatic carbocycles. The van der Waals surface area contributed by atoms with Gasteiger partial charge >= 0.3 is 0 Å². The van der Waals surface area contributed by atoms with Crippen molar-refractivity contribution >= 4 is 22.7 Å². The van der Waals surface area contributed by atoms with Crippen LogP contribution in [-0.4, -0.2) is 32.0 Å². The Hall–Kier alpha value is -3.06. The summed E-state index contributed by atoms with van der Waals surface area (Å²) in [6.07, 6.45) is 1.69. The van der Waals surface area contributed by atoms with E-state index in [2.05, 4.69) is 15.5 Å². The summed E-state index contributed by atoms with van der Waals surface area (Å²) in [6, 6.07) is 13.5. The Morgan fingerprint density at radius 1 is 1.15 bits per heavy atom. The molecule has 0 bridgehead atoms. The molecule has 0 atom stereocenters. The summed E-state index contributed by atoms with van der Waals surface area (Å²) in [5, 5.41) is 6.95. The van der Waals surface area contributed by atoms with Gasteiger partial charge in [-0.1, -0.05) is 18.2 Å². The number of ether oxygens (including phenoxy) is 3. The fourth-order valence-electron chi connectivity index (χ4n) is 2.52. The molecule has 1 heterocycles. The molecule has 0 aliphatic rings. The highest BCUT2D eigenvalue weighted by molar-refractivity contribution is 7.14. The molecule has 0 spiro atoms. The maximum atomic E-state index is 5.58. The smallest absolute Gasteiger partial charge is 0.203 e. The number of nitrogens with one attached hydrogen (secondary N) is 1. The average molecular weight is 383 g/mol. The zero-order chi connectivity index (χ0) is 19.1. The van der Waals surface area contributed by atoms with E-state index in [9.17, 15) is 0 Å². The van der Waals surface area contributed by atoms with Crippen LogP contribution < -0.4 is 19.6 Å². The monoisotopic (exact) mass is 383 g/mol. The molecular formula is C20H21N3O3S. The lowest BCUT2D eigenvalue weighted by atomic mass is 10.2. The molecule has 3 rings (SSSR count). The molecule has 0 amide bonds. The van der Waals surface area contributed by atoms with Crippen LogP contribution in [-0.2, 0) is 0 Å². The summed E-state index contributed by atoms with van der Waals surface area (Å²) < 4.78 is 16.3. The van der Waals surface area contributed by atoms with Crippen LogP contribution in [0.3, 0.4) is 0 Å². The lowest BCUT2D eigenvalue weighted by molar-refractivity contribution is 0.311. The molecule has 0 unspecified atom stereocenters. The number of methoxy groups -OCH3 is 2. The summed E-state index contributed by atoms with van der Waals surface area (Å²) in [4.78, 5) is 4.56. The first-order valence-electron chi connectivity index (χ1n) is 8.44. The standard InChI is InChI=1S/C20H21N3O3S/c1-4-26-18-10-6-8-15(19(18)25-3)12-21-23-20-22-17(13-27-20)14-7-5-9-16(11-14)24-2/h5-13H,4H2,1-3H3,(H,22,23)/b21-12-. The molecular weight excluding hydrogens is 362 g/mol. The normalized spacial score (nSPS) is 10.8. The van der Waals surface area contributed by atoms with Crippen LogP contribution in [0, 0.1) is 0 Å². The zero-order valence-electron chi connectivity index (χ0n) is 15.4. The van der Waals surface area contributed by atoms with Crippen LogP contribution in [0.2, 0.25) is 0 Å². The third-order valence-corrected chi connectivity index (χ3v) is 4.49. The summed E-state index contributed by atoms with van der Waals surface area (Å²) in [6.45, 7) is 2.51. The highest BCUT2D eigenvalue weighted by atomic mass is 32.1. The zero-order valence-corrected chi connectivity index (χ0v) is 16.2. The predicted molar refractivity (Wildman–Crippen MR) is 109 cm³/mol. The molecule has 0 aliphatic carbocycles. The molecule has 7 heteroatoms. The first-order valence-corrected chi connectivity index (χ1v) is 9.32. The Labute approximate surface area is 162 Å². The van der Waals surface area contributed by atoms with E-state index in [1.165, 1.54) is 11.3 Å². The van der Waals surface area contributed by atoms with Crippen LogP contribution in [0.15, 0.2) is 52.9 Å². The van der Waals surface area contributed by atoms with Gasteiger partial charge in [0.15, 0.2) is 11.5 Å². The molecule has 0 aliphatic heterocycles. The van der Waals surface area contributed by atoms with Gasteiger partial charge in [-0.05, 0) is 31.2 Å². The molecule has 1 aromatic heterocycles. The Kier molecular flexibility index (Phi) is 6.27. The fourth-order valence-corrected chi connectivity index (χ4v) is 3.19. The van der Waals surface area contributed by atoms with E-state index in [1.807, 2.05) is 54.8 Å². The van der Waals surface area contributed by atoms with Crippen molar-refractivity contribution < 1.29 is 14.2 Å². The maximum absolute atomic E-state index is 5.58. The average Bonchev–Trinajstić information content (AvgIpc) is 3.17. The van der Waals surface area contributed by atoms with E-state index >= 15 is 0 Å². The van der Waals surface area contributed by atoms with Gasteiger partial charge in [0.25, 0.3) is 0 Å². The number of hydrazone groups is 1. The van der Waals surface area contributed by atoms with Gasteiger partial charge in [0, 0.05) is 16.5 Å². The second-order valence-corrected chi connectivity index (χ2v) is 6.31. The first kappa shape index (κ1) is 18.7. The number of rotatable bonds is 8. The quantitative estimate of drug-likeness (QED) is 0.452. The van der Waals surface area contributed by atoms with Crippen LogP contribution in [0.1, 0.15) is 12.5 Å². The van der Waals surface area contributed by atoms with Crippen LogP contribution in [0.25, 0.3) is 11.3 Å². The Morgan fingerprint density at radius 2 is 2.00 bits per heavy atom. The van der Waals surface area contributed by atoms with E-state index in [-0.39, 0.29) is 0 Å². The third kappa shape index (κ3) is 4.57. The topological polar surface area (TPSA) is 65.0 Å². The first-order chi connectivity index (χ1) is 13.2. The van der Waals surface area contributed by atoms with Gasteiger partial charge in [-0.2, -0.15) is 5.10 Å². The highest BCUT2D eigenvalue weighted by Crippen LogP contribution is 2.30. The molecule has 0 saturated carbocycles. The van der Waals surface area contributed by atoms with Gasteiger partial charge in [0.05, 0.1) is 32.7 Å². The third-order valence-electron chi connectivity index (χ3n) is 3.75. The number of para-hydroxylation sites is 1. The van der Waals surface area contributed by atoms with E-state index in [0.29, 0.717) is 23.2 Å². The van der Waals surface area contributed by atoms with Crippen LogP contribution in [0.4, 0.5) is 5.13 Å². The van der Waals surface area contributed by atoms with E-state index in [0.717, 1.165) is 22.6 Å². The molecule has 6 nitrogen and oxygen atoms in total. The fraction of sp³-hybridized carbons (Fsp3) is 0.200. The van der Waals surface area contributed by atoms with Crippen molar-refractivity contribution in [1.29, 1.82) is 0 Å². The van der Waals surface area contributed by atoms with Crippen molar-refractivity contribution in [1.82, 2.24) is 4.98 Å². The Balaban J connectivity index is 1.72. The minimum atomic E-state index is 0.571. The van der Waals surface area contributed by atoms with Crippen molar-refractivity contribution in [3.63, 3.8) is 0 Å². The van der Waals surface area contributed by atoms with Crippen molar-refractivity contribution in [3.05, 3.63) is 53.4 Å². The molecule has 0 radical (unpaired) electrons. The number of nitrogens with zero attached hydrogens (tertiary/aromatic N) is 2. The van der Waals surface area contributed by atoms with E-state index in [4.69, 9.17) is 14.2 Å². The van der Waals surface area contributed by atoms with Gasteiger partial charge in [0.2, 0.25) is 5.13 Å². The number of anilines is 1. The SMILES string of the molecule is CCOc1cccc(/C=N\Nc2nc(-c3cccc(OC)c3)cs2)c1OC. The number of hydrogen-bond donors (Lipinski definition) is 1. The highest BCUT2D eigenvalue weighted by Gasteiger charge is 2.08. The molecule has 0 saturated heterocycles. The largest absolute Gasteiger partial charge is 0.497 e.